The van der Waals surface area contributed by atoms with E-state index in [1.54, 1.807) is 30.3 Å². The molecule has 1 rings (SSSR count). The fourth-order valence-corrected chi connectivity index (χ4v) is 2.98. The van der Waals surface area contributed by atoms with Gasteiger partial charge in [-0.3, -0.25) is 4.79 Å². The Bertz CT molecular complexity index is 526. The summed E-state index contributed by atoms with van der Waals surface area (Å²) >= 11 is 1.76. The van der Waals surface area contributed by atoms with Gasteiger partial charge in [0.05, 0.1) is 0 Å². The lowest BCUT2D eigenvalue weighted by Crippen LogP contribution is -2.41. The summed E-state index contributed by atoms with van der Waals surface area (Å²) in [5, 5.41) is 5.49. The molecule has 1 heterocycles. The summed E-state index contributed by atoms with van der Waals surface area (Å²) in [5.74, 6) is 0.812. The largest absolute Gasteiger partial charge is 0.356 e. The molecule has 0 saturated carbocycles. The first kappa shape index (κ1) is 21.2. The number of carbonyl (C=O) groups is 1. The van der Waals surface area contributed by atoms with Crippen LogP contribution in [0, 0.1) is 0 Å². The van der Waals surface area contributed by atoms with E-state index in [0.717, 1.165) is 38.3 Å². The number of hydrogen-bond donors (Lipinski definition) is 1. The van der Waals surface area contributed by atoms with Gasteiger partial charge < -0.3 is 15.1 Å². The number of hydrogen-bond acceptors (Lipinski definition) is 3. The first-order valence-corrected chi connectivity index (χ1v) is 9.75. The Balaban J connectivity index is 2.51. The molecule has 0 fully saturated rings. The lowest BCUT2D eigenvalue weighted by Gasteiger charge is -2.22. The number of unbranched alkanes of at least 4 members (excludes halogenated alkanes) is 3. The number of amides is 1. The van der Waals surface area contributed by atoms with Crippen LogP contribution in [0.2, 0.25) is 0 Å². The molecule has 0 spiro atoms. The van der Waals surface area contributed by atoms with E-state index in [9.17, 15) is 4.79 Å². The van der Waals surface area contributed by atoms with Crippen molar-refractivity contribution < 1.29 is 4.79 Å². The van der Waals surface area contributed by atoms with Crippen LogP contribution >= 0.6 is 11.3 Å². The van der Waals surface area contributed by atoms with Crippen molar-refractivity contribution >= 4 is 23.2 Å². The smallest absolute Gasteiger partial charge is 0.243 e. The minimum atomic E-state index is 0.0111. The predicted octanol–water partition coefficient (Wildman–Crippen LogP) is 3.00. The third-order valence-corrected chi connectivity index (χ3v) is 4.80. The van der Waals surface area contributed by atoms with Crippen molar-refractivity contribution in [3.05, 3.63) is 35.0 Å². The number of allylic oxidation sites excluding steroid dienone is 1. The number of likely N-dealkylation sites (N-methyl/N-ethyl adjacent to an activating group) is 1. The topological polar surface area (TPSA) is 47.9 Å². The second-order valence-electron chi connectivity index (χ2n) is 6.24. The molecule has 0 aliphatic rings. The van der Waals surface area contributed by atoms with Crippen LogP contribution in [-0.2, 0) is 11.2 Å². The molecule has 0 saturated heterocycles. The fraction of sp³-hybridized carbons (Fsp3) is 0.579. The summed E-state index contributed by atoms with van der Waals surface area (Å²) in [5.41, 5.74) is 0. The van der Waals surface area contributed by atoms with Crippen molar-refractivity contribution in [3.8, 4) is 0 Å². The van der Waals surface area contributed by atoms with E-state index >= 15 is 0 Å². The lowest BCUT2D eigenvalue weighted by molar-refractivity contribution is -0.127. The van der Waals surface area contributed by atoms with E-state index in [4.69, 9.17) is 0 Å². The molecule has 0 aromatic carbocycles. The minimum absolute atomic E-state index is 0.0111. The van der Waals surface area contributed by atoms with Gasteiger partial charge in [-0.15, -0.1) is 17.9 Å². The predicted molar refractivity (Wildman–Crippen MR) is 108 cm³/mol. The number of aliphatic imine (C=N–C) groups is 1. The molecule has 1 N–H and O–H groups in total. The van der Waals surface area contributed by atoms with Gasteiger partial charge in [-0.2, -0.15) is 0 Å². The van der Waals surface area contributed by atoms with Gasteiger partial charge in [0, 0.05) is 39.1 Å². The Morgan fingerprint density at radius 3 is 2.76 bits per heavy atom. The van der Waals surface area contributed by atoms with Crippen LogP contribution in [0.15, 0.2) is 35.2 Å². The van der Waals surface area contributed by atoms with Gasteiger partial charge in [0.1, 0.15) is 6.54 Å². The van der Waals surface area contributed by atoms with Crippen LogP contribution in [0.3, 0.4) is 0 Å². The third-order valence-electron chi connectivity index (χ3n) is 3.86. The number of rotatable bonds is 11. The Hall–Kier alpha value is -1.82. The number of nitrogens with zero attached hydrogens (tertiary/aromatic N) is 3. The van der Waals surface area contributed by atoms with E-state index in [0.29, 0.717) is 0 Å². The molecular formula is C19H32N4OS. The molecule has 0 aliphatic heterocycles. The zero-order valence-electron chi connectivity index (χ0n) is 15.8. The average molecular weight is 365 g/mol. The van der Waals surface area contributed by atoms with Crippen LogP contribution in [0.25, 0.3) is 0 Å². The summed E-state index contributed by atoms with van der Waals surface area (Å²) in [6.45, 7) is 5.68. The molecular weight excluding hydrogens is 332 g/mol. The highest BCUT2D eigenvalue weighted by Gasteiger charge is 2.09. The van der Waals surface area contributed by atoms with Gasteiger partial charge >= 0.3 is 0 Å². The van der Waals surface area contributed by atoms with E-state index in [2.05, 4.69) is 39.3 Å². The summed E-state index contributed by atoms with van der Waals surface area (Å²) in [7, 11) is 5.54. The molecule has 0 unspecified atom stereocenters. The Morgan fingerprint density at radius 1 is 1.32 bits per heavy atom. The highest BCUT2D eigenvalue weighted by molar-refractivity contribution is 7.09. The number of carbonyl (C=O) groups excluding carboxylic acids is 1. The Morgan fingerprint density at radius 2 is 2.12 bits per heavy atom. The zero-order valence-corrected chi connectivity index (χ0v) is 16.6. The molecule has 0 aliphatic carbocycles. The standard InChI is InChI=1S/C19H32N4OS/c1-5-6-7-8-9-14-23(4)19(21-16-18(24)22(2)3)20-13-12-17-11-10-15-25-17/h5,10-11,15H,1,6-9,12-14,16H2,2-4H3,(H,20,21). The van der Waals surface area contributed by atoms with Crippen LogP contribution in [0.1, 0.15) is 30.6 Å². The van der Waals surface area contributed by atoms with Crippen LogP contribution in [0.5, 0.6) is 0 Å². The van der Waals surface area contributed by atoms with Gasteiger partial charge in [-0.25, -0.2) is 4.99 Å². The molecule has 0 radical (unpaired) electrons. The second kappa shape index (κ2) is 12.5. The number of thiophene rings is 1. The molecule has 0 bridgehead atoms. The molecule has 1 aromatic rings. The van der Waals surface area contributed by atoms with Gasteiger partial charge in [0.2, 0.25) is 5.91 Å². The van der Waals surface area contributed by atoms with Crippen molar-refractivity contribution in [2.75, 3.05) is 40.8 Å². The maximum absolute atomic E-state index is 11.8. The molecule has 140 valence electrons. The van der Waals surface area contributed by atoms with E-state index in [1.165, 1.54) is 17.7 Å². The van der Waals surface area contributed by atoms with Crippen molar-refractivity contribution in [2.24, 2.45) is 4.99 Å². The minimum Gasteiger partial charge on any atom is -0.356 e. The Kier molecular flexibility index (Phi) is 10.6. The first-order chi connectivity index (χ1) is 12.0. The summed E-state index contributed by atoms with van der Waals surface area (Å²) in [4.78, 5) is 21.4. The monoisotopic (exact) mass is 364 g/mol. The van der Waals surface area contributed by atoms with Gasteiger partial charge in [-0.05, 0) is 37.1 Å². The van der Waals surface area contributed by atoms with E-state index in [1.807, 2.05) is 13.1 Å². The third kappa shape index (κ3) is 9.29. The summed E-state index contributed by atoms with van der Waals surface area (Å²) in [6.07, 6.45) is 7.46. The fourth-order valence-electron chi connectivity index (χ4n) is 2.27. The number of guanidine groups is 1. The number of nitrogens with one attached hydrogen (secondary N) is 1. The maximum Gasteiger partial charge on any atom is 0.243 e. The van der Waals surface area contributed by atoms with Gasteiger partial charge in [0.25, 0.3) is 0 Å². The van der Waals surface area contributed by atoms with Crippen molar-refractivity contribution in [1.82, 2.24) is 15.1 Å². The normalized spacial score (nSPS) is 11.2. The quantitative estimate of drug-likeness (QED) is 0.284. The molecule has 0 atom stereocenters. The zero-order chi connectivity index (χ0) is 18.5. The van der Waals surface area contributed by atoms with E-state index in [-0.39, 0.29) is 12.5 Å². The van der Waals surface area contributed by atoms with Crippen molar-refractivity contribution in [3.63, 3.8) is 0 Å². The highest BCUT2D eigenvalue weighted by Crippen LogP contribution is 2.08. The summed E-state index contributed by atoms with van der Waals surface area (Å²) in [6, 6.07) is 4.21. The second-order valence-corrected chi connectivity index (χ2v) is 7.28. The Labute approximate surface area is 156 Å². The van der Waals surface area contributed by atoms with Gasteiger partial charge in [0.15, 0.2) is 5.96 Å². The van der Waals surface area contributed by atoms with Crippen molar-refractivity contribution in [2.45, 2.75) is 32.1 Å². The van der Waals surface area contributed by atoms with E-state index < -0.39 is 0 Å². The first-order valence-electron chi connectivity index (χ1n) is 8.87. The van der Waals surface area contributed by atoms with Crippen LogP contribution < -0.4 is 5.32 Å². The van der Waals surface area contributed by atoms with Gasteiger partial charge in [-0.1, -0.05) is 18.6 Å². The van der Waals surface area contributed by atoms with Crippen LogP contribution in [-0.4, -0.2) is 62.4 Å². The maximum atomic E-state index is 11.8. The average Bonchev–Trinajstić information content (AvgIpc) is 3.10. The lowest BCUT2D eigenvalue weighted by atomic mass is 10.2. The van der Waals surface area contributed by atoms with Crippen molar-refractivity contribution in [1.29, 1.82) is 0 Å². The summed E-state index contributed by atoms with van der Waals surface area (Å²) < 4.78 is 0. The SMILES string of the molecule is C=CCCCCCN(C)C(=NCC(=O)N(C)C)NCCc1cccs1. The molecule has 5 nitrogen and oxygen atoms in total. The molecule has 25 heavy (non-hydrogen) atoms. The molecule has 1 aromatic heterocycles. The molecule has 6 heteroatoms. The molecule has 1 amide bonds. The van der Waals surface area contributed by atoms with Crippen LogP contribution in [0.4, 0.5) is 0 Å². The highest BCUT2D eigenvalue weighted by atomic mass is 32.1.